The third-order valence-electron chi connectivity index (χ3n) is 5.08. The van der Waals surface area contributed by atoms with Crippen LogP contribution in [0.4, 0.5) is 11.4 Å². The van der Waals surface area contributed by atoms with Gasteiger partial charge in [-0.05, 0) is 62.1 Å². The maximum atomic E-state index is 12.1. The van der Waals surface area contributed by atoms with Gasteiger partial charge in [0.1, 0.15) is 5.75 Å². The molecule has 0 fully saturated rings. The van der Waals surface area contributed by atoms with Crippen LogP contribution in [0.1, 0.15) is 28.7 Å². The first-order valence-corrected chi connectivity index (χ1v) is 10.6. The van der Waals surface area contributed by atoms with Gasteiger partial charge in [0.2, 0.25) is 11.8 Å². The van der Waals surface area contributed by atoms with Crippen molar-refractivity contribution in [1.29, 1.82) is 0 Å². The number of nitrogens with one attached hydrogen (secondary N) is 3. The number of ether oxygens (including phenoxy) is 2. The van der Waals surface area contributed by atoms with E-state index in [1.54, 1.807) is 18.2 Å². The summed E-state index contributed by atoms with van der Waals surface area (Å²) in [6.07, 6.45) is 0.996. The lowest BCUT2D eigenvalue weighted by Crippen LogP contribution is -2.36. The van der Waals surface area contributed by atoms with Crippen LogP contribution in [0.2, 0.25) is 0 Å². The van der Waals surface area contributed by atoms with Crippen molar-refractivity contribution < 1.29 is 28.7 Å². The molecular formula is C24H27N3O6. The zero-order valence-electron chi connectivity index (χ0n) is 18.9. The fourth-order valence-corrected chi connectivity index (χ4v) is 3.57. The number of hydrogen-bond donors (Lipinski definition) is 3. The number of rotatable bonds is 8. The Bertz CT molecular complexity index is 1070. The maximum absolute atomic E-state index is 12.1. The molecule has 9 heteroatoms. The third-order valence-corrected chi connectivity index (χ3v) is 5.08. The minimum Gasteiger partial charge on any atom is -0.482 e. The van der Waals surface area contributed by atoms with E-state index in [-0.39, 0.29) is 25.0 Å². The highest BCUT2D eigenvalue weighted by molar-refractivity contribution is 5.96. The molecule has 9 nitrogen and oxygen atoms in total. The average molecular weight is 453 g/mol. The highest BCUT2D eigenvalue weighted by Gasteiger charge is 2.16. The summed E-state index contributed by atoms with van der Waals surface area (Å²) >= 11 is 0. The lowest BCUT2D eigenvalue weighted by molar-refractivity contribution is -0.150. The summed E-state index contributed by atoms with van der Waals surface area (Å²) in [5.74, 6) is -1.26. The second-order valence-electron chi connectivity index (χ2n) is 7.92. The molecule has 3 rings (SSSR count). The average Bonchev–Trinajstić information content (AvgIpc) is 2.77. The molecule has 0 saturated carbocycles. The molecule has 0 saturated heterocycles. The molecule has 3 N–H and O–H groups in total. The van der Waals surface area contributed by atoms with Gasteiger partial charge in [-0.3, -0.25) is 14.4 Å². The third kappa shape index (κ3) is 6.80. The van der Waals surface area contributed by atoms with E-state index in [1.165, 1.54) is 0 Å². The van der Waals surface area contributed by atoms with E-state index in [2.05, 4.69) is 16.0 Å². The van der Waals surface area contributed by atoms with Crippen molar-refractivity contribution in [3.05, 3.63) is 52.6 Å². The van der Waals surface area contributed by atoms with Gasteiger partial charge in [-0.25, -0.2) is 4.79 Å². The second-order valence-corrected chi connectivity index (χ2v) is 7.92. The number of esters is 1. The summed E-state index contributed by atoms with van der Waals surface area (Å²) in [6, 6.07) is 9.03. The Hall–Kier alpha value is -3.88. The maximum Gasteiger partial charge on any atom is 0.344 e. The standard InChI is InChI=1S/C24H27N3O6/c1-14-8-15(2)24(16(3)9-14)27-21(29)11-25-22(30)12-33-23(31)13-32-18-5-6-19-17(10-18)4-7-20(28)26-19/h5-6,8-10H,4,7,11-13H2,1-3H3,(H,25,30)(H,26,28)(H,27,29). The molecule has 0 spiro atoms. The smallest absolute Gasteiger partial charge is 0.344 e. The first kappa shape index (κ1) is 23.8. The molecule has 0 radical (unpaired) electrons. The molecule has 3 amide bonds. The lowest BCUT2D eigenvalue weighted by atomic mass is 10.0. The van der Waals surface area contributed by atoms with Gasteiger partial charge >= 0.3 is 5.97 Å². The monoisotopic (exact) mass is 453 g/mol. The fraction of sp³-hybridized carbons (Fsp3) is 0.333. The summed E-state index contributed by atoms with van der Waals surface area (Å²) in [5, 5.41) is 7.97. The number of aryl methyl sites for hydroxylation is 4. The molecule has 0 aromatic heterocycles. The number of anilines is 2. The molecule has 1 aliphatic rings. The topological polar surface area (TPSA) is 123 Å². The molecule has 2 aromatic carbocycles. The predicted octanol–water partition coefficient (Wildman–Crippen LogP) is 2.17. The first-order chi connectivity index (χ1) is 15.7. The van der Waals surface area contributed by atoms with E-state index < -0.39 is 18.5 Å². The molecular weight excluding hydrogens is 426 g/mol. The van der Waals surface area contributed by atoms with Crippen LogP contribution < -0.4 is 20.7 Å². The number of carbonyl (C=O) groups excluding carboxylic acids is 4. The molecule has 2 aromatic rings. The molecule has 0 unspecified atom stereocenters. The number of benzene rings is 2. The van der Waals surface area contributed by atoms with Gasteiger partial charge in [0, 0.05) is 17.8 Å². The Balaban J connectivity index is 1.37. The van der Waals surface area contributed by atoms with E-state index >= 15 is 0 Å². The van der Waals surface area contributed by atoms with Gasteiger partial charge in [-0.1, -0.05) is 17.7 Å². The molecule has 1 aliphatic heterocycles. The lowest BCUT2D eigenvalue weighted by Gasteiger charge is -2.17. The highest BCUT2D eigenvalue weighted by Crippen LogP contribution is 2.26. The van der Waals surface area contributed by atoms with Crippen LogP contribution in [0.15, 0.2) is 30.3 Å². The van der Waals surface area contributed by atoms with Crippen molar-refractivity contribution in [1.82, 2.24) is 5.32 Å². The van der Waals surface area contributed by atoms with Crippen molar-refractivity contribution in [3.8, 4) is 5.75 Å². The molecule has 0 aliphatic carbocycles. The highest BCUT2D eigenvalue weighted by atomic mass is 16.6. The molecule has 0 bridgehead atoms. The van der Waals surface area contributed by atoms with Gasteiger partial charge in [0.25, 0.3) is 5.91 Å². The van der Waals surface area contributed by atoms with Crippen LogP contribution in [0.25, 0.3) is 0 Å². The summed E-state index contributed by atoms with van der Waals surface area (Å²) in [6.45, 7) is 4.64. The predicted molar refractivity (Wildman–Crippen MR) is 122 cm³/mol. The summed E-state index contributed by atoms with van der Waals surface area (Å²) in [7, 11) is 0. The Labute approximate surface area is 191 Å². The molecule has 0 atom stereocenters. The van der Waals surface area contributed by atoms with Gasteiger partial charge in [-0.15, -0.1) is 0 Å². The van der Waals surface area contributed by atoms with E-state index in [4.69, 9.17) is 9.47 Å². The van der Waals surface area contributed by atoms with E-state index in [0.717, 1.165) is 27.9 Å². The summed E-state index contributed by atoms with van der Waals surface area (Å²) in [5.41, 5.74) is 5.34. The Morgan fingerprint density at radius 3 is 2.42 bits per heavy atom. The zero-order chi connectivity index (χ0) is 24.0. The molecule has 174 valence electrons. The number of hydrogen-bond acceptors (Lipinski definition) is 6. The number of amides is 3. The van der Waals surface area contributed by atoms with Crippen LogP contribution in [0.5, 0.6) is 5.75 Å². The van der Waals surface area contributed by atoms with Crippen LogP contribution in [0, 0.1) is 20.8 Å². The van der Waals surface area contributed by atoms with Crippen molar-refractivity contribution in [3.63, 3.8) is 0 Å². The Kier molecular flexibility index (Phi) is 7.66. The summed E-state index contributed by atoms with van der Waals surface area (Å²) in [4.78, 5) is 47.3. The van der Waals surface area contributed by atoms with Gasteiger partial charge in [0.15, 0.2) is 13.2 Å². The van der Waals surface area contributed by atoms with Crippen molar-refractivity contribution in [2.75, 3.05) is 30.4 Å². The molecule has 1 heterocycles. The largest absolute Gasteiger partial charge is 0.482 e. The van der Waals surface area contributed by atoms with E-state index in [1.807, 2.05) is 32.9 Å². The quantitative estimate of drug-likeness (QED) is 0.527. The SMILES string of the molecule is Cc1cc(C)c(NC(=O)CNC(=O)COC(=O)COc2ccc3c(c2)CCC(=O)N3)c(C)c1. The minimum absolute atomic E-state index is 0.0316. The Morgan fingerprint density at radius 2 is 1.70 bits per heavy atom. The van der Waals surface area contributed by atoms with Crippen LogP contribution in [-0.4, -0.2) is 43.4 Å². The second kappa shape index (κ2) is 10.6. The van der Waals surface area contributed by atoms with Crippen molar-refractivity contribution in [2.45, 2.75) is 33.6 Å². The fourth-order valence-electron chi connectivity index (χ4n) is 3.57. The van der Waals surface area contributed by atoms with Crippen molar-refractivity contribution >= 4 is 35.1 Å². The van der Waals surface area contributed by atoms with Crippen molar-refractivity contribution in [2.24, 2.45) is 0 Å². The van der Waals surface area contributed by atoms with E-state index in [9.17, 15) is 19.2 Å². The van der Waals surface area contributed by atoms with Gasteiger partial charge in [-0.2, -0.15) is 0 Å². The normalized spacial score (nSPS) is 12.3. The van der Waals surface area contributed by atoms with Crippen LogP contribution >= 0.6 is 0 Å². The number of fused-ring (bicyclic) bond motifs is 1. The Morgan fingerprint density at radius 1 is 0.970 bits per heavy atom. The van der Waals surface area contributed by atoms with Gasteiger partial charge in [0.05, 0.1) is 6.54 Å². The summed E-state index contributed by atoms with van der Waals surface area (Å²) < 4.78 is 10.3. The van der Waals surface area contributed by atoms with Crippen LogP contribution in [0.3, 0.4) is 0 Å². The number of carbonyl (C=O) groups is 4. The van der Waals surface area contributed by atoms with E-state index in [0.29, 0.717) is 24.3 Å². The first-order valence-electron chi connectivity index (χ1n) is 10.6. The zero-order valence-corrected chi connectivity index (χ0v) is 18.9. The van der Waals surface area contributed by atoms with Crippen LogP contribution in [-0.2, 0) is 30.3 Å². The van der Waals surface area contributed by atoms with Gasteiger partial charge < -0.3 is 25.4 Å². The molecule has 33 heavy (non-hydrogen) atoms. The minimum atomic E-state index is -0.716.